The molecule has 0 aliphatic rings. The summed E-state index contributed by atoms with van der Waals surface area (Å²) in [5.74, 6) is -0.337. The number of hydrogen-bond acceptors (Lipinski definition) is 2. The number of carbonyl (C=O) groups excluding carboxylic acids is 1. The summed E-state index contributed by atoms with van der Waals surface area (Å²) in [5.41, 5.74) is 0.0994. The zero-order chi connectivity index (χ0) is 10.7. The third-order valence-electron chi connectivity index (χ3n) is 1.52. The molecule has 0 heterocycles. The van der Waals surface area contributed by atoms with E-state index in [1.165, 1.54) is 0 Å². The molecule has 14 heavy (non-hydrogen) atoms. The Bertz CT molecular complexity index is 350. The maximum Gasteiger partial charge on any atom is 0.151 e. The van der Waals surface area contributed by atoms with E-state index in [0.717, 1.165) is 12.1 Å². The Morgan fingerprint density at radius 2 is 2.14 bits per heavy atom. The lowest BCUT2D eigenvalue weighted by atomic mass is 10.2. The second kappa shape index (κ2) is 4.42. The lowest BCUT2D eigenvalue weighted by molar-refractivity contribution is 0.112. The van der Waals surface area contributed by atoms with E-state index in [2.05, 4.69) is 0 Å². The molecule has 0 spiro atoms. The molecule has 4 heteroatoms. The molecule has 2 nitrogen and oxygen atoms in total. The lowest BCUT2D eigenvalue weighted by Crippen LogP contribution is -2.06. The molecule has 1 aromatic rings. The van der Waals surface area contributed by atoms with Crippen molar-refractivity contribution in [3.8, 4) is 5.75 Å². The van der Waals surface area contributed by atoms with Gasteiger partial charge in [-0.05, 0) is 19.9 Å². The summed E-state index contributed by atoms with van der Waals surface area (Å²) < 4.78 is 18.2. The van der Waals surface area contributed by atoms with Gasteiger partial charge >= 0.3 is 0 Å². The van der Waals surface area contributed by atoms with Gasteiger partial charge in [-0.25, -0.2) is 4.39 Å². The van der Waals surface area contributed by atoms with Crippen molar-refractivity contribution in [3.05, 3.63) is 28.5 Å². The number of ether oxygens (including phenoxy) is 1. The summed E-state index contributed by atoms with van der Waals surface area (Å²) >= 11 is 5.80. The van der Waals surface area contributed by atoms with Crippen LogP contribution in [0.5, 0.6) is 5.75 Å². The van der Waals surface area contributed by atoms with Crippen LogP contribution in [0, 0.1) is 5.82 Å². The van der Waals surface area contributed by atoms with Gasteiger partial charge in [0.1, 0.15) is 11.6 Å². The number of rotatable bonds is 3. The SMILES string of the molecule is CC(C)Oc1cc(F)cc(C=O)c1Cl. The zero-order valence-corrected chi connectivity index (χ0v) is 8.64. The van der Waals surface area contributed by atoms with E-state index in [9.17, 15) is 9.18 Å². The minimum atomic E-state index is -0.535. The van der Waals surface area contributed by atoms with E-state index in [1.54, 1.807) is 13.8 Å². The Morgan fingerprint density at radius 1 is 1.50 bits per heavy atom. The average Bonchev–Trinajstić information content (AvgIpc) is 2.09. The molecule has 0 fully saturated rings. The standard InChI is InChI=1S/C10H10ClFO2/c1-6(2)14-9-4-8(12)3-7(5-13)10(9)11/h3-6H,1-2H3. The largest absolute Gasteiger partial charge is 0.489 e. The van der Waals surface area contributed by atoms with Gasteiger partial charge in [-0.1, -0.05) is 11.6 Å². The maximum absolute atomic E-state index is 12.9. The predicted octanol–water partition coefficient (Wildman–Crippen LogP) is 3.08. The van der Waals surface area contributed by atoms with Gasteiger partial charge in [-0.15, -0.1) is 0 Å². The van der Waals surface area contributed by atoms with E-state index in [-0.39, 0.29) is 22.4 Å². The van der Waals surface area contributed by atoms with E-state index < -0.39 is 5.82 Å². The highest BCUT2D eigenvalue weighted by atomic mass is 35.5. The van der Waals surface area contributed by atoms with Crippen molar-refractivity contribution in [2.75, 3.05) is 0 Å². The fourth-order valence-corrected chi connectivity index (χ4v) is 1.21. The summed E-state index contributed by atoms with van der Waals surface area (Å²) in [6.07, 6.45) is 0.382. The second-order valence-electron chi connectivity index (χ2n) is 3.09. The van der Waals surface area contributed by atoms with E-state index >= 15 is 0 Å². The summed E-state index contributed by atoms with van der Waals surface area (Å²) in [4.78, 5) is 10.5. The molecule has 0 bridgehead atoms. The summed E-state index contributed by atoms with van der Waals surface area (Å²) in [7, 11) is 0. The van der Waals surface area contributed by atoms with Gasteiger partial charge in [-0.3, -0.25) is 4.79 Å². The van der Waals surface area contributed by atoms with Crippen LogP contribution in [0.4, 0.5) is 4.39 Å². The van der Waals surface area contributed by atoms with Crippen LogP contribution >= 0.6 is 11.6 Å². The number of carbonyl (C=O) groups is 1. The summed E-state index contributed by atoms with van der Waals surface area (Å²) in [5, 5.41) is 0.148. The fraction of sp³-hybridized carbons (Fsp3) is 0.300. The van der Waals surface area contributed by atoms with Gasteiger partial charge in [-0.2, -0.15) is 0 Å². The van der Waals surface area contributed by atoms with Crippen molar-refractivity contribution in [3.63, 3.8) is 0 Å². The Morgan fingerprint density at radius 3 is 2.64 bits per heavy atom. The normalized spacial score (nSPS) is 10.4. The van der Waals surface area contributed by atoms with E-state index in [1.807, 2.05) is 0 Å². The highest BCUT2D eigenvalue weighted by molar-refractivity contribution is 6.34. The third-order valence-corrected chi connectivity index (χ3v) is 1.93. The highest BCUT2D eigenvalue weighted by Gasteiger charge is 2.10. The van der Waals surface area contributed by atoms with Gasteiger partial charge in [0.15, 0.2) is 6.29 Å². The van der Waals surface area contributed by atoms with Gasteiger partial charge in [0.05, 0.1) is 11.1 Å². The molecule has 0 aliphatic heterocycles. The molecular formula is C10H10ClFO2. The first-order valence-electron chi connectivity index (χ1n) is 4.15. The molecule has 0 aromatic heterocycles. The Balaban J connectivity index is 3.15. The fourth-order valence-electron chi connectivity index (χ4n) is 1.01. The lowest BCUT2D eigenvalue weighted by Gasteiger charge is -2.12. The third kappa shape index (κ3) is 2.45. The van der Waals surface area contributed by atoms with E-state index in [0.29, 0.717) is 6.29 Å². The number of aldehydes is 1. The quantitative estimate of drug-likeness (QED) is 0.726. The number of halogens is 2. The molecule has 0 saturated carbocycles. The Kier molecular flexibility index (Phi) is 3.47. The van der Waals surface area contributed by atoms with Crippen LogP contribution < -0.4 is 4.74 Å². The monoisotopic (exact) mass is 216 g/mol. The number of hydrogen-bond donors (Lipinski definition) is 0. The Labute approximate surface area is 86.6 Å². The van der Waals surface area contributed by atoms with Crippen molar-refractivity contribution < 1.29 is 13.9 Å². The smallest absolute Gasteiger partial charge is 0.151 e. The van der Waals surface area contributed by atoms with Crippen LogP contribution in [0.2, 0.25) is 5.02 Å². The molecule has 0 N–H and O–H groups in total. The summed E-state index contributed by atoms with van der Waals surface area (Å²) in [6, 6.07) is 2.23. The van der Waals surface area contributed by atoms with Crippen LogP contribution in [-0.2, 0) is 0 Å². The van der Waals surface area contributed by atoms with Crippen molar-refractivity contribution in [1.82, 2.24) is 0 Å². The topological polar surface area (TPSA) is 26.3 Å². The number of benzene rings is 1. The highest BCUT2D eigenvalue weighted by Crippen LogP contribution is 2.29. The molecule has 0 atom stereocenters. The average molecular weight is 217 g/mol. The first kappa shape index (κ1) is 11.0. The minimum Gasteiger partial charge on any atom is -0.489 e. The van der Waals surface area contributed by atoms with Crippen LogP contribution in [0.3, 0.4) is 0 Å². The Hall–Kier alpha value is -1.09. The molecule has 0 radical (unpaired) electrons. The molecule has 0 aliphatic carbocycles. The first-order valence-corrected chi connectivity index (χ1v) is 4.53. The van der Waals surface area contributed by atoms with E-state index in [4.69, 9.17) is 16.3 Å². The predicted molar refractivity (Wildman–Crippen MR) is 52.6 cm³/mol. The first-order chi connectivity index (χ1) is 6.54. The van der Waals surface area contributed by atoms with Crippen molar-refractivity contribution >= 4 is 17.9 Å². The molecule has 76 valence electrons. The van der Waals surface area contributed by atoms with Crippen LogP contribution in [-0.4, -0.2) is 12.4 Å². The van der Waals surface area contributed by atoms with Crippen LogP contribution in [0.15, 0.2) is 12.1 Å². The van der Waals surface area contributed by atoms with Gasteiger partial charge in [0, 0.05) is 11.6 Å². The minimum absolute atomic E-state index is 0.0994. The van der Waals surface area contributed by atoms with Crippen molar-refractivity contribution in [2.24, 2.45) is 0 Å². The maximum atomic E-state index is 12.9. The summed E-state index contributed by atoms with van der Waals surface area (Å²) in [6.45, 7) is 3.59. The molecule has 0 saturated heterocycles. The zero-order valence-electron chi connectivity index (χ0n) is 7.88. The van der Waals surface area contributed by atoms with Crippen molar-refractivity contribution in [1.29, 1.82) is 0 Å². The molecule has 1 aromatic carbocycles. The molecular weight excluding hydrogens is 207 g/mol. The van der Waals surface area contributed by atoms with Crippen LogP contribution in [0.1, 0.15) is 24.2 Å². The van der Waals surface area contributed by atoms with Gasteiger partial charge in [0.2, 0.25) is 0 Å². The van der Waals surface area contributed by atoms with Gasteiger partial charge < -0.3 is 4.74 Å². The molecule has 0 unspecified atom stereocenters. The molecule has 0 amide bonds. The van der Waals surface area contributed by atoms with Gasteiger partial charge in [0.25, 0.3) is 0 Å². The van der Waals surface area contributed by atoms with Crippen molar-refractivity contribution in [2.45, 2.75) is 20.0 Å². The van der Waals surface area contributed by atoms with Crippen LogP contribution in [0.25, 0.3) is 0 Å². The second-order valence-corrected chi connectivity index (χ2v) is 3.47. The molecule has 1 rings (SSSR count).